The normalized spacial score (nSPS) is 12.4. The van der Waals surface area contributed by atoms with E-state index in [-0.39, 0.29) is 15.8 Å². The molecule has 0 bridgehead atoms. The van der Waals surface area contributed by atoms with Crippen LogP contribution in [0.25, 0.3) is 16.8 Å². The van der Waals surface area contributed by atoms with Crippen molar-refractivity contribution in [2.45, 2.75) is 10.8 Å². The van der Waals surface area contributed by atoms with Crippen molar-refractivity contribution in [3.63, 3.8) is 0 Å². The monoisotopic (exact) mass is 398 g/mol. The van der Waals surface area contributed by atoms with Crippen LogP contribution in [0.2, 0.25) is 0 Å². The minimum atomic E-state index is -4.67. The number of rotatable bonds is 2. The molecule has 0 amide bonds. The van der Waals surface area contributed by atoms with E-state index >= 15 is 0 Å². The Morgan fingerprint density at radius 1 is 1.08 bits per heavy atom. The summed E-state index contributed by atoms with van der Waals surface area (Å²) < 4.78 is 40.1. The molecular formula is C15H12F3N4P3. The van der Waals surface area contributed by atoms with E-state index in [0.717, 1.165) is 9.96 Å². The topological polar surface area (TPSA) is 54.0 Å². The van der Waals surface area contributed by atoms with Gasteiger partial charge in [0.25, 0.3) is 0 Å². The van der Waals surface area contributed by atoms with Gasteiger partial charge in [-0.2, -0.15) is 18.4 Å². The SMILES string of the molecule is N#Cc1nc(C(F)(F)F)n2cc(-c3ccc(C(P)(P)P)cc3)ncc12. The molecule has 0 aliphatic carbocycles. The third-order valence-electron chi connectivity index (χ3n) is 3.57. The van der Waals surface area contributed by atoms with E-state index in [9.17, 15) is 13.2 Å². The van der Waals surface area contributed by atoms with Crippen LogP contribution in [0.15, 0.2) is 36.7 Å². The fraction of sp³-hybridized carbons (Fsp3) is 0.133. The summed E-state index contributed by atoms with van der Waals surface area (Å²) in [7, 11) is 7.99. The summed E-state index contributed by atoms with van der Waals surface area (Å²) in [5.41, 5.74) is 1.74. The zero-order chi connectivity index (χ0) is 18.4. The van der Waals surface area contributed by atoms with Gasteiger partial charge in [0.05, 0.1) is 11.9 Å². The Morgan fingerprint density at radius 3 is 2.24 bits per heavy atom. The minimum Gasteiger partial charge on any atom is -0.291 e. The van der Waals surface area contributed by atoms with Gasteiger partial charge in [0.2, 0.25) is 5.82 Å². The van der Waals surface area contributed by atoms with Crippen LogP contribution in [0, 0.1) is 11.3 Å². The molecule has 25 heavy (non-hydrogen) atoms. The van der Waals surface area contributed by atoms with Gasteiger partial charge in [-0.1, -0.05) is 24.3 Å². The molecule has 0 fully saturated rings. The van der Waals surface area contributed by atoms with Crippen LogP contribution in [0.3, 0.4) is 0 Å². The highest BCUT2D eigenvalue weighted by Gasteiger charge is 2.37. The molecule has 1 aromatic carbocycles. The van der Waals surface area contributed by atoms with Crippen molar-refractivity contribution in [2.75, 3.05) is 0 Å². The van der Waals surface area contributed by atoms with E-state index < -0.39 is 12.0 Å². The molecule has 0 aliphatic heterocycles. The number of alkyl halides is 3. The number of aromatic nitrogens is 3. The first-order chi connectivity index (χ1) is 11.6. The molecule has 0 N–H and O–H groups in total. The smallest absolute Gasteiger partial charge is 0.291 e. The van der Waals surface area contributed by atoms with Crippen LogP contribution in [0.5, 0.6) is 0 Å². The molecule has 0 saturated carbocycles. The van der Waals surface area contributed by atoms with Gasteiger partial charge >= 0.3 is 6.18 Å². The molecular weight excluding hydrogens is 386 g/mol. The van der Waals surface area contributed by atoms with E-state index in [1.54, 1.807) is 18.2 Å². The molecule has 128 valence electrons. The average molecular weight is 398 g/mol. The maximum atomic E-state index is 13.2. The second-order valence-electron chi connectivity index (χ2n) is 5.43. The van der Waals surface area contributed by atoms with Crippen molar-refractivity contribution in [3.05, 3.63) is 53.7 Å². The Kier molecular flexibility index (Phi) is 4.58. The molecule has 4 nitrogen and oxygen atoms in total. The van der Waals surface area contributed by atoms with E-state index in [1.165, 1.54) is 12.4 Å². The van der Waals surface area contributed by atoms with Gasteiger partial charge in [0.15, 0.2) is 5.69 Å². The lowest BCUT2D eigenvalue weighted by atomic mass is 10.1. The lowest BCUT2D eigenvalue weighted by molar-refractivity contribution is -0.145. The number of hydrogen-bond acceptors (Lipinski definition) is 3. The number of benzene rings is 1. The van der Waals surface area contributed by atoms with Crippen molar-refractivity contribution < 1.29 is 13.2 Å². The van der Waals surface area contributed by atoms with Crippen LogP contribution < -0.4 is 0 Å². The highest BCUT2D eigenvalue weighted by atomic mass is 31.1. The first-order valence-corrected chi connectivity index (χ1v) is 8.67. The first kappa shape index (κ1) is 18.2. The van der Waals surface area contributed by atoms with Gasteiger partial charge < -0.3 is 0 Å². The molecule has 3 aromatic rings. The van der Waals surface area contributed by atoms with Crippen molar-refractivity contribution in [1.29, 1.82) is 5.26 Å². The molecule has 2 heterocycles. The van der Waals surface area contributed by atoms with Gasteiger partial charge in [-0.15, -0.1) is 27.7 Å². The Bertz CT molecular complexity index is 983. The zero-order valence-corrected chi connectivity index (χ0v) is 16.1. The van der Waals surface area contributed by atoms with Gasteiger partial charge in [-0.25, -0.2) is 4.98 Å². The predicted molar refractivity (Wildman–Crippen MR) is 98.9 cm³/mol. The lowest BCUT2D eigenvalue weighted by Crippen LogP contribution is -2.11. The molecule has 0 saturated heterocycles. The summed E-state index contributed by atoms with van der Waals surface area (Å²) in [4.78, 5) is 7.57. The third-order valence-corrected chi connectivity index (χ3v) is 4.57. The molecule has 3 rings (SSSR count). The number of hydrogen-bond donors (Lipinski definition) is 0. The molecule has 3 atom stereocenters. The van der Waals surface area contributed by atoms with Crippen LogP contribution in [-0.2, 0) is 10.8 Å². The van der Waals surface area contributed by atoms with Gasteiger partial charge in [0, 0.05) is 16.4 Å². The maximum absolute atomic E-state index is 13.2. The predicted octanol–water partition coefficient (Wildman–Crippen LogP) is 4.02. The highest BCUT2D eigenvalue weighted by Crippen LogP contribution is 2.45. The standard InChI is InChI=1S/C15H12F3N4P3/c16-14(17,18)13-21-10(5-19)12-6-20-11(7-22(12)13)8-1-3-9(4-2-8)15(23,24)25/h1-4,6-7H,23-25H2. The van der Waals surface area contributed by atoms with E-state index in [0.29, 0.717) is 11.3 Å². The molecule has 3 unspecified atom stereocenters. The van der Waals surface area contributed by atoms with Crippen molar-refractivity contribution in [2.24, 2.45) is 0 Å². The Hall–Kier alpha value is -1.59. The van der Waals surface area contributed by atoms with Gasteiger partial charge in [-0.3, -0.25) is 9.38 Å². The summed E-state index contributed by atoms with van der Waals surface area (Å²) in [6.45, 7) is 0. The summed E-state index contributed by atoms with van der Waals surface area (Å²) in [6, 6.07) is 8.97. The first-order valence-electron chi connectivity index (χ1n) is 6.94. The number of nitrogens with zero attached hydrogens (tertiary/aromatic N) is 4. The number of halogens is 3. The third kappa shape index (κ3) is 3.53. The van der Waals surface area contributed by atoms with Crippen LogP contribution in [-0.4, -0.2) is 14.4 Å². The van der Waals surface area contributed by atoms with Crippen LogP contribution in [0.4, 0.5) is 13.2 Å². The fourth-order valence-corrected chi connectivity index (χ4v) is 2.92. The lowest BCUT2D eigenvalue weighted by Gasteiger charge is -2.18. The van der Waals surface area contributed by atoms with Gasteiger partial charge in [-0.05, 0) is 5.56 Å². The summed E-state index contributed by atoms with van der Waals surface area (Å²) >= 11 is 0. The summed E-state index contributed by atoms with van der Waals surface area (Å²) in [5.74, 6) is -1.14. The fourth-order valence-electron chi connectivity index (χ4n) is 2.35. The number of imidazole rings is 1. The van der Waals surface area contributed by atoms with Crippen molar-refractivity contribution in [3.8, 4) is 17.3 Å². The Balaban J connectivity index is 2.14. The Labute approximate surface area is 148 Å². The number of fused-ring (bicyclic) bond motifs is 1. The quantitative estimate of drug-likeness (QED) is 0.613. The minimum absolute atomic E-state index is 0.0223. The number of nitriles is 1. The van der Waals surface area contributed by atoms with Crippen molar-refractivity contribution >= 4 is 33.2 Å². The molecule has 0 spiro atoms. The zero-order valence-electron chi connectivity index (χ0n) is 12.6. The molecule has 2 aromatic heterocycles. The molecule has 0 radical (unpaired) electrons. The van der Waals surface area contributed by atoms with Gasteiger partial charge in [0.1, 0.15) is 11.6 Å². The van der Waals surface area contributed by atoms with Crippen molar-refractivity contribution in [1.82, 2.24) is 14.4 Å². The van der Waals surface area contributed by atoms with Crippen LogP contribution in [0.1, 0.15) is 17.1 Å². The average Bonchev–Trinajstić information content (AvgIpc) is 2.92. The second kappa shape index (κ2) is 6.29. The summed E-state index contributed by atoms with van der Waals surface area (Å²) in [6.07, 6.45) is -2.19. The summed E-state index contributed by atoms with van der Waals surface area (Å²) in [5, 5.41) is 8.98. The molecule has 0 aliphatic rings. The van der Waals surface area contributed by atoms with E-state index in [2.05, 4.69) is 37.7 Å². The van der Waals surface area contributed by atoms with Crippen LogP contribution >= 0.6 is 27.7 Å². The van der Waals surface area contributed by atoms with E-state index in [1.807, 2.05) is 12.1 Å². The molecule has 10 heteroatoms. The second-order valence-corrected chi connectivity index (χ2v) is 10.3. The van der Waals surface area contributed by atoms with E-state index in [4.69, 9.17) is 5.26 Å². The Morgan fingerprint density at radius 2 is 1.72 bits per heavy atom. The highest BCUT2D eigenvalue weighted by molar-refractivity contribution is 7.56. The largest absolute Gasteiger partial charge is 0.450 e. The maximum Gasteiger partial charge on any atom is 0.450 e.